The van der Waals surface area contributed by atoms with Crippen LogP contribution in [0.2, 0.25) is 0 Å². The number of amides is 1. The summed E-state index contributed by atoms with van der Waals surface area (Å²) >= 11 is 0. The largest absolute Gasteiger partial charge is 0.378 e. The maximum Gasteiger partial charge on any atom is 0.246 e. The van der Waals surface area contributed by atoms with Crippen molar-refractivity contribution in [2.45, 2.75) is 39.2 Å². The molecule has 0 aromatic carbocycles. The van der Waals surface area contributed by atoms with Crippen LogP contribution in [0, 0.1) is 0 Å². The molecule has 1 unspecified atom stereocenters. The summed E-state index contributed by atoms with van der Waals surface area (Å²) in [5, 5.41) is 0. The molecule has 6 nitrogen and oxygen atoms in total. The average molecular weight is 376 g/mol. The van der Waals surface area contributed by atoms with Crippen LogP contribution >= 0.6 is 0 Å². The van der Waals surface area contributed by atoms with Gasteiger partial charge in [0.15, 0.2) is 5.78 Å². The Balaban J connectivity index is 1.94. The van der Waals surface area contributed by atoms with Crippen molar-refractivity contribution >= 4 is 11.7 Å². The van der Waals surface area contributed by atoms with Crippen LogP contribution in [0.3, 0.4) is 0 Å². The lowest BCUT2D eigenvalue weighted by Crippen LogP contribution is -2.47. The van der Waals surface area contributed by atoms with Gasteiger partial charge in [-0.3, -0.25) is 14.5 Å². The van der Waals surface area contributed by atoms with E-state index >= 15 is 0 Å². The molecule has 6 heteroatoms. The molecule has 2 heterocycles. The summed E-state index contributed by atoms with van der Waals surface area (Å²) < 4.78 is 5.47. The molecule has 0 aromatic heterocycles. The van der Waals surface area contributed by atoms with Gasteiger partial charge < -0.3 is 14.5 Å². The summed E-state index contributed by atoms with van der Waals surface area (Å²) in [5.74, 6) is 0.0290. The van der Waals surface area contributed by atoms with Crippen LogP contribution in [-0.2, 0) is 14.3 Å². The van der Waals surface area contributed by atoms with E-state index in [2.05, 4.69) is 18.4 Å². The van der Waals surface area contributed by atoms with E-state index in [9.17, 15) is 9.59 Å². The minimum Gasteiger partial charge on any atom is -0.378 e. The third-order valence-corrected chi connectivity index (χ3v) is 5.11. The van der Waals surface area contributed by atoms with Gasteiger partial charge in [0.1, 0.15) is 0 Å². The van der Waals surface area contributed by atoms with Gasteiger partial charge in [-0.25, -0.2) is 0 Å². The lowest BCUT2D eigenvalue weighted by Gasteiger charge is -2.38. The molecule has 0 aromatic rings. The lowest BCUT2D eigenvalue weighted by atomic mass is 10.1. The van der Waals surface area contributed by atoms with Crippen LogP contribution in [0.5, 0.6) is 0 Å². The Morgan fingerprint density at radius 1 is 1.30 bits per heavy atom. The Bertz CT molecular complexity index is 612. The molecule has 1 atom stereocenters. The molecule has 0 N–H and O–H groups in total. The highest BCUT2D eigenvalue weighted by Crippen LogP contribution is 2.20. The Hall–Kier alpha value is -1.92. The third-order valence-electron chi connectivity index (χ3n) is 5.11. The molecule has 0 aliphatic carbocycles. The van der Waals surface area contributed by atoms with E-state index in [4.69, 9.17) is 4.74 Å². The van der Waals surface area contributed by atoms with Gasteiger partial charge in [0.05, 0.1) is 31.5 Å². The van der Waals surface area contributed by atoms with Crippen molar-refractivity contribution in [1.82, 2.24) is 14.7 Å². The quantitative estimate of drug-likeness (QED) is 0.504. The van der Waals surface area contributed by atoms with Gasteiger partial charge >= 0.3 is 0 Å². The average Bonchev–Trinajstić information content (AvgIpc) is 2.64. The van der Waals surface area contributed by atoms with E-state index < -0.39 is 0 Å². The predicted molar refractivity (Wildman–Crippen MR) is 107 cm³/mol. The summed E-state index contributed by atoms with van der Waals surface area (Å²) in [6, 6.07) is 0.137. The zero-order chi connectivity index (χ0) is 19.8. The predicted octanol–water partition coefficient (Wildman–Crippen LogP) is 2.19. The lowest BCUT2D eigenvalue weighted by molar-refractivity contribution is -0.126. The maximum atomic E-state index is 12.6. The van der Waals surface area contributed by atoms with Gasteiger partial charge in [-0.05, 0) is 19.9 Å². The number of likely N-dealkylation sites (N-methyl/N-ethyl adjacent to an activating group) is 1. The van der Waals surface area contributed by atoms with E-state index in [0.717, 1.165) is 38.1 Å². The Labute approximate surface area is 163 Å². The second-order valence-electron chi connectivity index (χ2n) is 7.25. The minimum atomic E-state index is -0.0193. The van der Waals surface area contributed by atoms with Crippen molar-refractivity contribution in [3.05, 3.63) is 36.2 Å². The summed E-state index contributed by atoms with van der Waals surface area (Å²) in [7, 11) is 2.04. The zero-order valence-corrected chi connectivity index (χ0v) is 16.9. The summed E-state index contributed by atoms with van der Waals surface area (Å²) in [5.41, 5.74) is 1.50. The number of nitrogens with zero attached hydrogens (tertiary/aromatic N) is 3. The number of carbonyl (C=O) groups is 2. The first-order valence-corrected chi connectivity index (χ1v) is 9.85. The molecule has 2 aliphatic rings. The Kier molecular flexibility index (Phi) is 8.25. The molecule has 0 saturated carbocycles. The second kappa shape index (κ2) is 10.4. The van der Waals surface area contributed by atoms with Gasteiger partial charge in [0.25, 0.3) is 0 Å². The van der Waals surface area contributed by atoms with Crippen LogP contribution in [0.1, 0.15) is 33.1 Å². The van der Waals surface area contributed by atoms with Gasteiger partial charge in [0, 0.05) is 38.3 Å². The smallest absolute Gasteiger partial charge is 0.246 e. The molecule has 2 rings (SSSR count). The van der Waals surface area contributed by atoms with Crippen molar-refractivity contribution < 1.29 is 14.3 Å². The zero-order valence-electron chi connectivity index (χ0n) is 16.9. The number of carbonyl (C=O) groups excluding carboxylic acids is 2. The van der Waals surface area contributed by atoms with E-state index in [1.807, 2.05) is 24.1 Å². The van der Waals surface area contributed by atoms with Gasteiger partial charge in [-0.15, -0.1) is 0 Å². The van der Waals surface area contributed by atoms with Gasteiger partial charge in [-0.1, -0.05) is 32.1 Å². The fourth-order valence-electron chi connectivity index (χ4n) is 3.34. The summed E-state index contributed by atoms with van der Waals surface area (Å²) in [4.78, 5) is 30.5. The van der Waals surface area contributed by atoms with Gasteiger partial charge in [-0.2, -0.15) is 0 Å². The van der Waals surface area contributed by atoms with Crippen molar-refractivity contribution in [2.24, 2.45) is 0 Å². The highest BCUT2D eigenvalue weighted by Gasteiger charge is 2.26. The van der Waals surface area contributed by atoms with Crippen LogP contribution in [0.25, 0.3) is 0 Å². The Morgan fingerprint density at radius 3 is 2.70 bits per heavy atom. The fourth-order valence-corrected chi connectivity index (χ4v) is 3.34. The molecule has 1 amide bonds. The topological polar surface area (TPSA) is 53.1 Å². The number of piperazine rings is 1. The van der Waals surface area contributed by atoms with Crippen molar-refractivity contribution in [2.75, 3.05) is 46.4 Å². The molecule has 150 valence electrons. The number of allylic oxidation sites excluding steroid dienone is 2. The fraction of sp³-hybridized carbons (Fsp3) is 0.619. The van der Waals surface area contributed by atoms with Crippen LogP contribution < -0.4 is 0 Å². The number of Topliss-reactive ketones (excluding diaryl/α,β-unsaturated/α-hetero) is 1. The van der Waals surface area contributed by atoms with Crippen LogP contribution in [0.4, 0.5) is 0 Å². The number of ketones is 1. The number of unbranched alkanes of at least 4 members (excludes halogenated alkanes) is 2. The first-order valence-electron chi connectivity index (χ1n) is 9.85. The first-order chi connectivity index (χ1) is 12.9. The van der Waals surface area contributed by atoms with Crippen LogP contribution in [0.15, 0.2) is 36.2 Å². The number of ether oxygens (including phenoxy) is 1. The molecule has 2 fully saturated rings. The van der Waals surface area contributed by atoms with E-state index in [0.29, 0.717) is 31.9 Å². The molecule has 0 radical (unpaired) electrons. The van der Waals surface area contributed by atoms with E-state index in [1.165, 1.54) is 0 Å². The van der Waals surface area contributed by atoms with Gasteiger partial charge in [0.2, 0.25) is 5.91 Å². The number of hydrogen-bond donors (Lipinski definition) is 0. The maximum absolute atomic E-state index is 12.6. The van der Waals surface area contributed by atoms with Crippen molar-refractivity contribution in [3.63, 3.8) is 0 Å². The molecule has 0 spiro atoms. The Morgan fingerprint density at radius 2 is 2.07 bits per heavy atom. The molecular weight excluding hydrogens is 342 g/mol. The van der Waals surface area contributed by atoms with Crippen molar-refractivity contribution in [3.8, 4) is 0 Å². The highest BCUT2D eigenvalue weighted by molar-refractivity contribution is 5.93. The second-order valence-corrected chi connectivity index (χ2v) is 7.25. The van der Waals surface area contributed by atoms with E-state index in [1.54, 1.807) is 17.9 Å². The minimum absolute atomic E-state index is 0.0193. The first kappa shape index (κ1) is 21.4. The number of rotatable bonds is 7. The van der Waals surface area contributed by atoms with Crippen LogP contribution in [-0.4, -0.2) is 78.9 Å². The number of hydrogen-bond acceptors (Lipinski definition) is 5. The highest BCUT2D eigenvalue weighted by atomic mass is 16.5. The van der Waals surface area contributed by atoms with E-state index in [-0.39, 0.29) is 17.7 Å². The third kappa shape index (κ3) is 6.04. The molecule has 0 bridgehead atoms. The molecule has 2 aliphatic heterocycles. The number of morpholine rings is 1. The SMILES string of the molecule is C=C1CN(C(=O)/C=C/C2COCCN2C)CCN1/C(=C\CCCC)C(C)=O. The molecular formula is C21H33N3O3. The molecule has 27 heavy (non-hydrogen) atoms. The summed E-state index contributed by atoms with van der Waals surface area (Å²) in [6.45, 7) is 11.7. The monoisotopic (exact) mass is 375 g/mol. The van der Waals surface area contributed by atoms with Crippen molar-refractivity contribution in [1.29, 1.82) is 0 Å². The standard InChI is InChI=1S/C21H33N3O3/c1-5-6-7-8-20(18(3)25)24-12-11-23(15-17(24)2)21(26)10-9-19-16-27-14-13-22(19)4/h8-10,19H,2,5-7,11-16H2,1,3-4H3/b10-9+,20-8-. The molecule has 2 saturated heterocycles. The normalized spacial score (nSPS) is 22.6. The summed E-state index contributed by atoms with van der Waals surface area (Å²) in [6.07, 6.45) is 8.61.